The first-order valence-corrected chi connectivity index (χ1v) is 18.4. The quantitative estimate of drug-likeness (QED) is 0.168. The third kappa shape index (κ3) is 5.27. The molecular formula is C52H31N3. The first-order chi connectivity index (χ1) is 27.2. The van der Waals surface area contributed by atoms with E-state index in [1.807, 2.05) is 48.5 Å². The second kappa shape index (κ2) is 13.0. The molecule has 0 bridgehead atoms. The normalized spacial score (nSPS) is 11.2. The standard InChI is InChI=1S/C52H31N3/c53-32-34-21-27-49(55-48-20-9-8-15-41(48)47-30-35(33-54)22-28-50(47)55)46(29-34)37-25-23-36(24-26-37)39-13-10-14-40(31-39)52-44-18-6-4-16-42(44)51(38-11-2-1-3-12-38)43-17-5-7-19-45(43)52/h1-31H. The molecule has 0 N–H and O–H groups in total. The Kier molecular flexibility index (Phi) is 7.58. The van der Waals surface area contributed by atoms with Crippen LogP contribution in [0.1, 0.15) is 11.1 Å². The van der Waals surface area contributed by atoms with Crippen LogP contribution in [-0.4, -0.2) is 4.57 Å². The first kappa shape index (κ1) is 32.0. The van der Waals surface area contributed by atoms with Crippen LogP contribution >= 0.6 is 0 Å². The molecule has 0 spiro atoms. The summed E-state index contributed by atoms with van der Waals surface area (Å²) in [5, 5.41) is 26.7. The van der Waals surface area contributed by atoms with E-state index in [0.29, 0.717) is 11.1 Å². The molecule has 0 unspecified atom stereocenters. The summed E-state index contributed by atoms with van der Waals surface area (Å²) in [4.78, 5) is 0. The highest BCUT2D eigenvalue weighted by atomic mass is 15.0. The molecule has 3 nitrogen and oxygen atoms in total. The monoisotopic (exact) mass is 697 g/mol. The molecule has 3 heteroatoms. The zero-order valence-corrected chi connectivity index (χ0v) is 29.7. The van der Waals surface area contributed by atoms with E-state index in [2.05, 4.69) is 156 Å². The molecule has 0 atom stereocenters. The summed E-state index contributed by atoms with van der Waals surface area (Å²) in [7, 11) is 0. The number of fused-ring (bicyclic) bond motifs is 5. The number of rotatable bonds is 5. The van der Waals surface area contributed by atoms with Crippen molar-refractivity contribution in [2.24, 2.45) is 0 Å². The highest BCUT2D eigenvalue weighted by Crippen LogP contribution is 2.44. The molecule has 0 aliphatic carbocycles. The Morgan fingerprint density at radius 2 is 0.836 bits per heavy atom. The fourth-order valence-corrected chi connectivity index (χ4v) is 8.39. The summed E-state index contributed by atoms with van der Waals surface area (Å²) in [5.41, 5.74) is 13.3. The molecule has 0 saturated heterocycles. The van der Waals surface area contributed by atoms with Crippen molar-refractivity contribution in [3.05, 3.63) is 199 Å². The highest BCUT2D eigenvalue weighted by Gasteiger charge is 2.19. The maximum Gasteiger partial charge on any atom is 0.0991 e. The lowest BCUT2D eigenvalue weighted by Crippen LogP contribution is -1.98. The SMILES string of the molecule is N#Cc1ccc(-n2c3ccccc3c3cc(C#N)ccc32)c(-c2ccc(-c3cccc(-c4c5ccccc5c(-c5ccccc5)c5ccccc45)c3)cc2)c1. The van der Waals surface area contributed by atoms with Crippen LogP contribution in [0.25, 0.3) is 93.5 Å². The molecule has 9 aromatic carbocycles. The molecule has 254 valence electrons. The molecular weight excluding hydrogens is 667 g/mol. The van der Waals surface area contributed by atoms with Crippen LogP contribution in [0.2, 0.25) is 0 Å². The van der Waals surface area contributed by atoms with Crippen molar-refractivity contribution in [2.45, 2.75) is 0 Å². The van der Waals surface area contributed by atoms with Gasteiger partial charge in [0, 0.05) is 16.3 Å². The van der Waals surface area contributed by atoms with E-state index < -0.39 is 0 Å². The lowest BCUT2D eigenvalue weighted by atomic mass is 9.85. The van der Waals surface area contributed by atoms with E-state index in [0.717, 1.165) is 49.7 Å². The topological polar surface area (TPSA) is 52.5 Å². The average molecular weight is 698 g/mol. The smallest absolute Gasteiger partial charge is 0.0991 e. The van der Waals surface area contributed by atoms with Crippen molar-refractivity contribution >= 4 is 43.4 Å². The molecule has 10 rings (SSSR count). The van der Waals surface area contributed by atoms with Crippen molar-refractivity contribution in [1.82, 2.24) is 4.57 Å². The second-order valence-corrected chi connectivity index (χ2v) is 13.9. The Hall–Kier alpha value is -7.72. The summed E-state index contributed by atoms with van der Waals surface area (Å²) < 4.78 is 2.25. The average Bonchev–Trinajstić information content (AvgIpc) is 3.59. The molecule has 0 aliphatic heterocycles. The third-order valence-electron chi connectivity index (χ3n) is 10.8. The fourth-order valence-electron chi connectivity index (χ4n) is 8.39. The summed E-state index contributed by atoms with van der Waals surface area (Å²) >= 11 is 0. The summed E-state index contributed by atoms with van der Waals surface area (Å²) in [6.45, 7) is 0. The first-order valence-electron chi connectivity index (χ1n) is 18.4. The van der Waals surface area contributed by atoms with Crippen LogP contribution in [-0.2, 0) is 0 Å². The summed E-state index contributed by atoms with van der Waals surface area (Å²) in [6.07, 6.45) is 0. The van der Waals surface area contributed by atoms with Gasteiger partial charge in [0.2, 0.25) is 0 Å². The van der Waals surface area contributed by atoms with Crippen LogP contribution in [0.4, 0.5) is 0 Å². The van der Waals surface area contributed by atoms with Gasteiger partial charge in [-0.15, -0.1) is 0 Å². The molecule has 0 aliphatic rings. The molecule has 55 heavy (non-hydrogen) atoms. The maximum atomic E-state index is 9.96. The van der Waals surface area contributed by atoms with Gasteiger partial charge < -0.3 is 4.57 Å². The van der Waals surface area contributed by atoms with Gasteiger partial charge in [0.1, 0.15) is 0 Å². The molecule has 0 fully saturated rings. The molecule has 0 amide bonds. The molecule has 1 aromatic heterocycles. The van der Waals surface area contributed by atoms with E-state index >= 15 is 0 Å². The Balaban J connectivity index is 1.10. The van der Waals surface area contributed by atoms with Gasteiger partial charge in [0.25, 0.3) is 0 Å². The van der Waals surface area contributed by atoms with Crippen molar-refractivity contribution in [3.8, 4) is 62.3 Å². The van der Waals surface area contributed by atoms with Gasteiger partial charge in [-0.05, 0) is 109 Å². The van der Waals surface area contributed by atoms with Gasteiger partial charge >= 0.3 is 0 Å². The number of hydrogen-bond donors (Lipinski definition) is 0. The fraction of sp³-hybridized carbons (Fsp3) is 0. The lowest BCUT2D eigenvalue weighted by molar-refractivity contribution is 1.18. The van der Waals surface area contributed by atoms with Crippen molar-refractivity contribution in [2.75, 3.05) is 0 Å². The minimum atomic E-state index is 0.598. The van der Waals surface area contributed by atoms with Crippen molar-refractivity contribution in [3.63, 3.8) is 0 Å². The Morgan fingerprint density at radius 1 is 0.327 bits per heavy atom. The van der Waals surface area contributed by atoms with E-state index in [1.165, 1.54) is 43.8 Å². The van der Waals surface area contributed by atoms with Crippen molar-refractivity contribution in [1.29, 1.82) is 10.5 Å². The van der Waals surface area contributed by atoms with E-state index in [-0.39, 0.29) is 0 Å². The minimum absolute atomic E-state index is 0.598. The lowest BCUT2D eigenvalue weighted by Gasteiger charge is -2.18. The van der Waals surface area contributed by atoms with Gasteiger partial charge in [-0.1, -0.05) is 140 Å². The number of nitriles is 2. The third-order valence-corrected chi connectivity index (χ3v) is 10.8. The van der Waals surface area contributed by atoms with Crippen LogP contribution < -0.4 is 0 Å². The van der Waals surface area contributed by atoms with Crippen LogP contribution in [0.15, 0.2) is 188 Å². The number of aromatic nitrogens is 1. The Bertz CT molecular complexity index is 3150. The van der Waals surface area contributed by atoms with E-state index in [4.69, 9.17) is 0 Å². The van der Waals surface area contributed by atoms with E-state index in [1.54, 1.807) is 0 Å². The van der Waals surface area contributed by atoms with Crippen LogP contribution in [0, 0.1) is 22.7 Å². The molecule has 10 aromatic rings. The van der Waals surface area contributed by atoms with Gasteiger partial charge in [0.05, 0.1) is 40.0 Å². The largest absolute Gasteiger partial charge is 0.309 e. The predicted molar refractivity (Wildman–Crippen MR) is 227 cm³/mol. The zero-order valence-electron chi connectivity index (χ0n) is 29.7. The van der Waals surface area contributed by atoms with Crippen LogP contribution in [0.3, 0.4) is 0 Å². The Labute approximate surface area is 318 Å². The van der Waals surface area contributed by atoms with Crippen LogP contribution in [0.5, 0.6) is 0 Å². The molecule has 1 heterocycles. The van der Waals surface area contributed by atoms with Gasteiger partial charge in [-0.3, -0.25) is 0 Å². The second-order valence-electron chi connectivity index (χ2n) is 13.9. The molecule has 0 saturated carbocycles. The van der Waals surface area contributed by atoms with Gasteiger partial charge in [-0.25, -0.2) is 0 Å². The predicted octanol–water partition coefficient (Wildman–Crippen LogP) is 13.5. The van der Waals surface area contributed by atoms with Crippen molar-refractivity contribution < 1.29 is 0 Å². The minimum Gasteiger partial charge on any atom is -0.309 e. The number of benzene rings is 9. The van der Waals surface area contributed by atoms with Gasteiger partial charge in [0.15, 0.2) is 0 Å². The Morgan fingerprint density at radius 3 is 1.51 bits per heavy atom. The number of hydrogen-bond acceptors (Lipinski definition) is 2. The zero-order chi connectivity index (χ0) is 36.9. The maximum absolute atomic E-state index is 9.96. The highest BCUT2D eigenvalue weighted by molar-refractivity contribution is 6.21. The summed E-state index contributed by atoms with van der Waals surface area (Å²) in [5.74, 6) is 0. The number of para-hydroxylation sites is 1. The van der Waals surface area contributed by atoms with E-state index in [9.17, 15) is 10.5 Å². The number of nitrogens with zero attached hydrogens (tertiary/aromatic N) is 3. The van der Waals surface area contributed by atoms with Gasteiger partial charge in [-0.2, -0.15) is 10.5 Å². The molecule has 0 radical (unpaired) electrons. The summed E-state index contributed by atoms with van der Waals surface area (Å²) in [6, 6.07) is 70.4.